The second kappa shape index (κ2) is 3.54. The van der Waals surface area contributed by atoms with Crippen LogP contribution in [0.3, 0.4) is 0 Å². The molecule has 1 aromatic carbocycles. The fraction of sp³-hybridized carbons (Fsp3) is 0. The minimum atomic E-state index is 0. The van der Waals surface area contributed by atoms with Gasteiger partial charge in [-0.15, -0.1) is 0 Å². The predicted molar refractivity (Wildman–Crippen MR) is 41.7 cm³/mol. The molecule has 1 N–H and O–H groups in total. The van der Waals surface area contributed by atoms with Crippen LogP contribution < -0.4 is 29.6 Å². The zero-order chi connectivity index (χ0) is 6.97. The molecule has 4 heteroatoms. The van der Waals surface area contributed by atoms with Gasteiger partial charge in [0.25, 0.3) is 0 Å². The van der Waals surface area contributed by atoms with Gasteiger partial charge in [-0.25, -0.2) is 0 Å². The number of H-pyrrole nitrogens is 1. The molecule has 0 unspecified atom stereocenters. The smallest absolute Gasteiger partial charge is 0.779 e. The number of fused-ring (bicyclic) bond motifs is 1. The second-order valence-electron chi connectivity index (χ2n) is 2.09. The number of hydrogen-bond acceptors (Lipinski definition) is 2. The second-order valence-corrected chi connectivity index (χ2v) is 2.53. The molecule has 0 bridgehead atoms. The molecule has 2 rings (SSSR count). The third-order valence-electron chi connectivity index (χ3n) is 1.44. The number of nitrogens with one attached hydrogen (secondary N) is 1. The van der Waals surface area contributed by atoms with Crippen molar-refractivity contribution in [3.05, 3.63) is 24.4 Å². The first-order valence-corrected chi connectivity index (χ1v) is 3.38. The number of aromatic amines is 1. The largest absolute Gasteiger partial charge is 1.00 e. The van der Waals surface area contributed by atoms with Gasteiger partial charge in [0, 0.05) is 5.39 Å². The average Bonchev–Trinajstić information content (AvgIpc) is 2.36. The van der Waals surface area contributed by atoms with E-state index in [2.05, 4.69) is 10.2 Å². The third kappa shape index (κ3) is 1.56. The SMILES string of the molecule is [Na+].[S-]c1cccc2[nH]ncc12. The first-order valence-electron chi connectivity index (χ1n) is 2.97. The van der Waals surface area contributed by atoms with Crippen molar-refractivity contribution < 1.29 is 29.6 Å². The van der Waals surface area contributed by atoms with Gasteiger partial charge in [-0.1, -0.05) is 12.1 Å². The molecule has 0 atom stereocenters. The molecule has 0 saturated heterocycles. The monoisotopic (exact) mass is 172 g/mol. The minimum absolute atomic E-state index is 0. The van der Waals surface area contributed by atoms with Gasteiger partial charge in [-0.2, -0.15) is 9.99 Å². The van der Waals surface area contributed by atoms with E-state index in [1.165, 1.54) is 0 Å². The van der Waals surface area contributed by atoms with Crippen molar-refractivity contribution in [2.24, 2.45) is 0 Å². The number of rotatable bonds is 0. The van der Waals surface area contributed by atoms with E-state index in [0.29, 0.717) is 0 Å². The van der Waals surface area contributed by atoms with Crippen LogP contribution in [0.1, 0.15) is 0 Å². The Morgan fingerprint density at radius 3 is 2.91 bits per heavy atom. The molecule has 0 radical (unpaired) electrons. The summed E-state index contributed by atoms with van der Waals surface area (Å²) in [4.78, 5) is 0.853. The Hall–Kier alpha value is -0.0900. The summed E-state index contributed by atoms with van der Waals surface area (Å²) < 4.78 is 0. The van der Waals surface area contributed by atoms with Crippen LogP contribution in [-0.2, 0) is 12.6 Å². The molecule has 50 valence electrons. The van der Waals surface area contributed by atoms with Gasteiger partial charge < -0.3 is 12.6 Å². The maximum atomic E-state index is 5.05. The van der Waals surface area contributed by atoms with Crippen molar-refractivity contribution >= 4 is 23.5 Å². The summed E-state index contributed by atoms with van der Waals surface area (Å²) in [7, 11) is 0. The van der Waals surface area contributed by atoms with Gasteiger partial charge in [-0.3, -0.25) is 5.10 Å². The van der Waals surface area contributed by atoms with E-state index < -0.39 is 0 Å². The van der Waals surface area contributed by atoms with Crippen LogP contribution >= 0.6 is 0 Å². The first kappa shape index (κ1) is 9.00. The molecule has 0 spiro atoms. The quantitative estimate of drug-likeness (QED) is 0.386. The average molecular weight is 172 g/mol. The van der Waals surface area contributed by atoms with Crippen LogP contribution in [0.5, 0.6) is 0 Å². The van der Waals surface area contributed by atoms with Crippen molar-refractivity contribution in [3.63, 3.8) is 0 Å². The Bertz CT molecular complexity index is 358. The van der Waals surface area contributed by atoms with Gasteiger partial charge in [0.05, 0.1) is 11.7 Å². The fourth-order valence-corrected chi connectivity index (χ4v) is 1.18. The molecular weight excluding hydrogens is 167 g/mol. The molecule has 0 fully saturated rings. The molecule has 0 aliphatic heterocycles. The summed E-state index contributed by atoms with van der Waals surface area (Å²) in [6.45, 7) is 0. The standard InChI is InChI=1S/C7H6N2S.Na/c10-7-3-1-2-6-5(7)4-8-9-6;/h1-4,10H,(H,8,9);/q;+1/p-1. The van der Waals surface area contributed by atoms with E-state index >= 15 is 0 Å². The fourth-order valence-electron chi connectivity index (χ4n) is 0.941. The summed E-state index contributed by atoms with van der Waals surface area (Å²) in [6, 6.07) is 5.77. The van der Waals surface area contributed by atoms with Crippen molar-refractivity contribution in [2.45, 2.75) is 4.90 Å². The molecule has 2 nitrogen and oxygen atoms in total. The van der Waals surface area contributed by atoms with Crippen LogP contribution in [0.4, 0.5) is 0 Å². The molecule has 11 heavy (non-hydrogen) atoms. The van der Waals surface area contributed by atoms with Crippen LogP contribution in [0.15, 0.2) is 29.3 Å². The summed E-state index contributed by atoms with van der Waals surface area (Å²) in [5, 5.41) is 7.74. The minimum Gasteiger partial charge on any atom is -0.779 e. The van der Waals surface area contributed by atoms with E-state index in [4.69, 9.17) is 12.6 Å². The topological polar surface area (TPSA) is 28.7 Å². The number of aromatic nitrogens is 2. The first-order chi connectivity index (χ1) is 4.88. The van der Waals surface area contributed by atoms with E-state index in [1.807, 2.05) is 18.2 Å². The van der Waals surface area contributed by atoms with Gasteiger partial charge in [0.1, 0.15) is 0 Å². The molecule has 0 amide bonds. The Balaban J connectivity index is 0.000000605. The van der Waals surface area contributed by atoms with Gasteiger partial charge in [0.2, 0.25) is 0 Å². The maximum Gasteiger partial charge on any atom is 1.00 e. The number of benzene rings is 1. The zero-order valence-electron chi connectivity index (χ0n) is 6.16. The summed E-state index contributed by atoms with van der Waals surface area (Å²) in [6.07, 6.45) is 1.75. The van der Waals surface area contributed by atoms with E-state index in [1.54, 1.807) is 6.20 Å². The Labute approximate surface area is 92.1 Å². The molecule has 1 heterocycles. The van der Waals surface area contributed by atoms with Crippen LogP contribution in [0.25, 0.3) is 10.9 Å². The van der Waals surface area contributed by atoms with Gasteiger partial charge in [0.15, 0.2) is 0 Å². The molecule has 2 aromatic rings. The van der Waals surface area contributed by atoms with Crippen molar-refractivity contribution in [2.75, 3.05) is 0 Å². The predicted octanol–water partition coefficient (Wildman–Crippen LogP) is -1.53. The van der Waals surface area contributed by atoms with Crippen LogP contribution in [0, 0.1) is 0 Å². The summed E-state index contributed by atoms with van der Waals surface area (Å²) >= 11 is 5.05. The number of hydrogen-bond donors (Lipinski definition) is 1. The number of nitrogens with zero attached hydrogens (tertiary/aromatic N) is 1. The van der Waals surface area contributed by atoms with E-state index in [-0.39, 0.29) is 29.6 Å². The maximum absolute atomic E-state index is 5.05. The molecular formula is C7H5N2NaS. The van der Waals surface area contributed by atoms with E-state index in [9.17, 15) is 0 Å². The Morgan fingerprint density at radius 1 is 1.36 bits per heavy atom. The van der Waals surface area contributed by atoms with Gasteiger partial charge >= 0.3 is 29.6 Å². The molecule has 0 aliphatic carbocycles. The molecule has 0 aliphatic rings. The van der Waals surface area contributed by atoms with Crippen LogP contribution in [0.2, 0.25) is 0 Å². The van der Waals surface area contributed by atoms with Crippen LogP contribution in [-0.4, -0.2) is 10.2 Å². The van der Waals surface area contributed by atoms with E-state index in [0.717, 1.165) is 15.8 Å². The summed E-state index contributed by atoms with van der Waals surface area (Å²) in [5.74, 6) is 0. The molecule has 0 saturated carbocycles. The van der Waals surface area contributed by atoms with Gasteiger partial charge in [-0.05, 0) is 6.07 Å². The summed E-state index contributed by atoms with van der Waals surface area (Å²) in [5.41, 5.74) is 1.01. The third-order valence-corrected chi connectivity index (χ3v) is 1.80. The van der Waals surface area contributed by atoms with Crippen molar-refractivity contribution in [1.29, 1.82) is 0 Å². The normalized spacial score (nSPS) is 9.45. The Morgan fingerprint density at radius 2 is 2.18 bits per heavy atom. The molecule has 1 aromatic heterocycles. The van der Waals surface area contributed by atoms with Crippen molar-refractivity contribution in [3.8, 4) is 0 Å². The Kier molecular flexibility index (Phi) is 2.90. The van der Waals surface area contributed by atoms with Crippen molar-refractivity contribution in [1.82, 2.24) is 10.2 Å². The zero-order valence-corrected chi connectivity index (χ0v) is 8.98.